The molecule has 1 atom stereocenters. The van der Waals surface area contributed by atoms with Crippen molar-refractivity contribution in [2.24, 2.45) is 5.92 Å². The predicted octanol–water partition coefficient (Wildman–Crippen LogP) is 3.09. The van der Waals surface area contributed by atoms with E-state index in [0.717, 1.165) is 72.9 Å². The molecule has 1 amide bonds. The molecule has 32 heavy (non-hydrogen) atoms. The van der Waals surface area contributed by atoms with Crippen LogP contribution in [0.5, 0.6) is 5.75 Å². The largest absolute Gasteiger partial charge is 0.496 e. The second kappa shape index (κ2) is 9.14. The highest BCUT2D eigenvalue weighted by molar-refractivity contribution is 5.85. The zero-order chi connectivity index (χ0) is 21.9. The van der Waals surface area contributed by atoms with Crippen molar-refractivity contribution in [3.63, 3.8) is 0 Å². The molecule has 1 aromatic carbocycles. The summed E-state index contributed by atoms with van der Waals surface area (Å²) >= 11 is 0. The standard InChI is InChI=1S/C24H30N6O2/c1-32-19-10-5-4-8-17(19)14-25-24(31)18-9-7-12-29(15-18)22-21-23(27-16-26-22)30-13-6-2-3-11-20(30)28-21/h4-5,8,10,16,18H,2-3,6-7,9,11-15H2,1H3,(H,25,31). The fourth-order valence-corrected chi connectivity index (χ4v) is 4.92. The highest BCUT2D eigenvalue weighted by Crippen LogP contribution is 2.29. The number of amides is 1. The molecule has 2 aliphatic heterocycles. The predicted molar refractivity (Wildman–Crippen MR) is 123 cm³/mol. The highest BCUT2D eigenvalue weighted by Gasteiger charge is 2.29. The van der Waals surface area contributed by atoms with Gasteiger partial charge >= 0.3 is 0 Å². The molecule has 0 spiro atoms. The number of hydrogen-bond acceptors (Lipinski definition) is 6. The number of carbonyl (C=O) groups excluding carboxylic acids is 1. The van der Waals surface area contributed by atoms with E-state index < -0.39 is 0 Å². The molecule has 3 aromatic rings. The number of ether oxygens (including phenoxy) is 1. The van der Waals surface area contributed by atoms with Crippen LogP contribution in [0.1, 0.15) is 43.5 Å². The third-order valence-electron chi connectivity index (χ3n) is 6.61. The van der Waals surface area contributed by atoms with Gasteiger partial charge in [-0.05, 0) is 31.7 Å². The molecule has 4 heterocycles. The summed E-state index contributed by atoms with van der Waals surface area (Å²) in [6, 6.07) is 7.78. The van der Waals surface area contributed by atoms with Crippen LogP contribution in [0.3, 0.4) is 0 Å². The van der Waals surface area contributed by atoms with Crippen molar-refractivity contribution in [1.82, 2.24) is 24.8 Å². The lowest BCUT2D eigenvalue weighted by atomic mass is 9.97. The van der Waals surface area contributed by atoms with Gasteiger partial charge in [0.05, 0.1) is 13.0 Å². The van der Waals surface area contributed by atoms with Gasteiger partial charge in [0.15, 0.2) is 17.0 Å². The Bertz CT molecular complexity index is 1110. The number of para-hydroxylation sites is 1. The number of nitrogens with one attached hydrogen (secondary N) is 1. The zero-order valence-corrected chi connectivity index (χ0v) is 18.6. The molecule has 0 bridgehead atoms. The number of methoxy groups -OCH3 is 1. The number of fused-ring (bicyclic) bond motifs is 3. The first-order valence-electron chi connectivity index (χ1n) is 11.6. The minimum absolute atomic E-state index is 0.0755. The molecule has 1 N–H and O–H groups in total. The van der Waals surface area contributed by atoms with E-state index in [4.69, 9.17) is 9.72 Å². The number of imidazole rings is 1. The van der Waals surface area contributed by atoms with E-state index in [0.29, 0.717) is 13.1 Å². The molecule has 168 valence electrons. The monoisotopic (exact) mass is 434 g/mol. The Morgan fingerprint density at radius 1 is 1.16 bits per heavy atom. The summed E-state index contributed by atoms with van der Waals surface area (Å²) < 4.78 is 7.66. The first kappa shape index (κ1) is 20.7. The Morgan fingerprint density at radius 2 is 2.06 bits per heavy atom. The van der Waals surface area contributed by atoms with Crippen LogP contribution in [0.4, 0.5) is 5.82 Å². The molecule has 0 aliphatic carbocycles. The van der Waals surface area contributed by atoms with E-state index in [-0.39, 0.29) is 11.8 Å². The normalized spacial score (nSPS) is 18.8. The van der Waals surface area contributed by atoms with Crippen molar-refractivity contribution in [3.8, 4) is 5.75 Å². The number of aryl methyl sites for hydroxylation is 2. The fourth-order valence-electron chi connectivity index (χ4n) is 4.92. The summed E-state index contributed by atoms with van der Waals surface area (Å²) in [6.07, 6.45) is 8.03. The maximum absolute atomic E-state index is 13.0. The molecule has 8 nitrogen and oxygen atoms in total. The molecule has 2 aromatic heterocycles. The maximum Gasteiger partial charge on any atom is 0.225 e. The molecule has 1 unspecified atom stereocenters. The summed E-state index contributed by atoms with van der Waals surface area (Å²) in [5, 5.41) is 3.10. The first-order chi connectivity index (χ1) is 15.7. The summed E-state index contributed by atoms with van der Waals surface area (Å²) in [5.41, 5.74) is 2.78. The van der Waals surface area contributed by atoms with Gasteiger partial charge in [-0.1, -0.05) is 24.6 Å². The third-order valence-corrected chi connectivity index (χ3v) is 6.61. The summed E-state index contributed by atoms with van der Waals surface area (Å²) in [7, 11) is 1.65. The molecular formula is C24H30N6O2. The molecule has 0 saturated carbocycles. The van der Waals surface area contributed by atoms with Crippen LogP contribution < -0.4 is 15.0 Å². The second-order valence-corrected chi connectivity index (χ2v) is 8.67. The van der Waals surface area contributed by atoms with Gasteiger partial charge in [-0.25, -0.2) is 15.0 Å². The Hall–Kier alpha value is -3.16. The van der Waals surface area contributed by atoms with E-state index in [1.54, 1.807) is 13.4 Å². The minimum atomic E-state index is -0.0797. The van der Waals surface area contributed by atoms with Crippen molar-refractivity contribution >= 4 is 22.9 Å². The Morgan fingerprint density at radius 3 is 2.97 bits per heavy atom. The molecular weight excluding hydrogens is 404 g/mol. The van der Waals surface area contributed by atoms with E-state index in [1.807, 2.05) is 24.3 Å². The SMILES string of the molecule is COc1ccccc1CNC(=O)C1CCCN(c2ncnc3c2nc2n3CCCCC2)C1. The maximum atomic E-state index is 13.0. The highest BCUT2D eigenvalue weighted by atomic mass is 16.5. The number of aromatic nitrogens is 4. The lowest BCUT2D eigenvalue weighted by Gasteiger charge is -2.32. The summed E-state index contributed by atoms with van der Waals surface area (Å²) in [5.74, 6) is 2.76. The third kappa shape index (κ3) is 4.01. The zero-order valence-electron chi connectivity index (χ0n) is 18.6. The van der Waals surface area contributed by atoms with Crippen LogP contribution in [0.2, 0.25) is 0 Å². The molecule has 0 radical (unpaired) electrons. The quantitative estimate of drug-likeness (QED) is 0.664. The number of hydrogen-bond donors (Lipinski definition) is 1. The van der Waals surface area contributed by atoms with Crippen molar-refractivity contribution in [1.29, 1.82) is 0 Å². The average molecular weight is 435 g/mol. The van der Waals surface area contributed by atoms with Crippen molar-refractivity contribution in [3.05, 3.63) is 42.0 Å². The van der Waals surface area contributed by atoms with Crippen molar-refractivity contribution in [2.45, 2.75) is 51.6 Å². The van der Waals surface area contributed by atoms with Crippen LogP contribution in [0.25, 0.3) is 11.2 Å². The van der Waals surface area contributed by atoms with Crippen LogP contribution in [0, 0.1) is 5.92 Å². The fraction of sp³-hybridized carbons (Fsp3) is 0.500. The van der Waals surface area contributed by atoms with Crippen LogP contribution in [-0.2, 0) is 24.3 Å². The van der Waals surface area contributed by atoms with Gasteiger partial charge in [-0.2, -0.15) is 0 Å². The number of rotatable bonds is 5. The van der Waals surface area contributed by atoms with Crippen molar-refractivity contribution in [2.75, 3.05) is 25.1 Å². The Labute approximate surface area is 188 Å². The Kier molecular flexibility index (Phi) is 5.92. The topological polar surface area (TPSA) is 85.2 Å². The second-order valence-electron chi connectivity index (χ2n) is 8.67. The number of anilines is 1. The molecule has 1 saturated heterocycles. The van der Waals surface area contributed by atoms with Crippen LogP contribution in [-0.4, -0.2) is 45.6 Å². The van der Waals surface area contributed by atoms with Gasteiger partial charge in [0.1, 0.15) is 17.9 Å². The van der Waals surface area contributed by atoms with Gasteiger partial charge in [0, 0.05) is 38.2 Å². The van der Waals surface area contributed by atoms with Gasteiger partial charge in [-0.15, -0.1) is 0 Å². The number of piperidine rings is 1. The summed E-state index contributed by atoms with van der Waals surface area (Å²) in [6.45, 7) is 2.96. The number of nitrogens with zero attached hydrogens (tertiary/aromatic N) is 5. The van der Waals surface area contributed by atoms with Gasteiger partial charge < -0.3 is 19.5 Å². The van der Waals surface area contributed by atoms with Crippen molar-refractivity contribution < 1.29 is 9.53 Å². The van der Waals surface area contributed by atoms with E-state index in [1.165, 1.54) is 12.8 Å². The first-order valence-corrected chi connectivity index (χ1v) is 11.6. The number of benzene rings is 1. The van der Waals surface area contributed by atoms with Crippen LogP contribution in [0.15, 0.2) is 30.6 Å². The lowest BCUT2D eigenvalue weighted by Crippen LogP contribution is -2.43. The lowest BCUT2D eigenvalue weighted by molar-refractivity contribution is -0.125. The number of carbonyl (C=O) groups is 1. The summed E-state index contributed by atoms with van der Waals surface area (Å²) in [4.78, 5) is 29.3. The molecule has 1 fully saturated rings. The van der Waals surface area contributed by atoms with Gasteiger partial charge in [0.25, 0.3) is 0 Å². The van der Waals surface area contributed by atoms with Gasteiger partial charge in [0.2, 0.25) is 5.91 Å². The minimum Gasteiger partial charge on any atom is -0.496 e. The molecule has 8 heteroatoms. The molecule has 2 aliphatic rings. The average Bonchev–Trinajstić information content (AvgIpc) is 3.03. The molecule has 5 rings (SSSR count). The van der Waals surface area contributed by atoms with Crippen LogP contribution >= 0.6 is 0 Å². The van der Waals surface area contributed by atoms with E-state index >= 15 is 0 Å². The van der Waals surface area contributed by atoms with E-state index in [9.17, 15) is 4.79 Å². The van der Waals surface area contributed by atoms with Gasteiger partial charge in [-0.3, -0.25) is 4.79 Å². The van der Waals surface area contributed by atoms with E-state index in [2.05, 4.69) is 24.8 Å². The Balaban J connectivity index is 1.32. The smallest absolute Gasteiger partial charge is 0.225 e.